The summed E-state index contributed by atoms with van der Waals surface area (Å²) in [4.78, 5) is 32.1. The van der Waals surface area contributed by atoms with E-state index in [1.54, 1.807) is 67.0 Å². The van der Waals surface area contributed by atoms with Gasteiger partial charge in [0.2, 0.25) is 0 Å². The van der Waals surface area contributed by atoms with Crippen molar-refractivity contribution in [3.63, 3.8) is 0 Å². The van der Waals surface area contributed by atoms with Crippen LogP contribution in [-0.2, 0) is 9.59 Å². The highest BCUT2D eigenvalue weighted by atomic mass is 35.5. The van der Waals surface area contributed by atoms with Gasteiger partial charge in [0.1, 0.15) is 11.5 Å². The van der Waals surface area contributed by atoms with Crippen molar-refractivity contribution < 1.29 is 19.4 Å². The molecule has 34 heavy (non-hydrogen) atoms. The SMILES string of the molecule is Cc1cc(Cl)ccc1N1C(=O)C(=O)/C(=C(/O)c2cccc(OCC(C)C)c2)C1c1cccnc1. The minimum Gasteiger partial charge on any atom is -0.507 e. The molecule has 0 radical (unpaired) electrons. The molecule has 7 heteroatoms. The molecule has 1 N–H and O–H groups in total. The molecule has 1 aromatic heterocycles. The van der Waals surface area contributed by atoms with Crippen molar-refractivity contribution >= 4 is 34.7 Å². The van der Waals surface area contributed by atoms with Crippen molar-refractivity contribution in [2.75, 3.05) is 11.5 Å². The van der Waals surface area contributed by atoms with E-state index < -0.39 is 17.7 Å². The fourth-order valence-electron chi connectivity index (χ4n) is 3.97. The Labute approximate surface area is 203 Å². The van der Waals surface area contributed by atoms with Gasteiger partial charge in [-0.1, -0.05) is 43.6 Å². The zero-order valence-electron chi connectivity index (χ0n) is 19.2. The summed E-state index contributed by atoms with van der Waals surface area (Å²) in [5.74, 6) is -0.868. The summed E-state index contributed by atoms with van der Waals surface area (Å²) >= 11 is 6.12. The van der Waals surface area contributed by atoms with Crippen LogP contribution < -0.4 is 9.64 Å². The Hall–Kier alpha value is -3.64. The Kier molecular flexibility index (Phi) is 6.70. The van der Waals surface area contributed by atoms with E-state index in [1.165, 1.54) is 4.90 Å². The predicted molar refractivity (Wildman–Crippen MR) is 132 cm³/mol. The van der Waals surface area contributed by atoms with Crippen LogP contribution in [0.1, 0.15) is 36.6 Å². The first kappa shape index (κ1) is 23.5. The molecule has 1 aliphatic heterocycles. The molecular formula is C27H25ClN2O4. The van der Waals surface area contributed by atoms with Crippen molar-refractivity contribution in [2.24, 2.45) is 5.92 Å². The fraction of sp³-hybridized carbons (Fsp3) is 0.222. The van der Waals surface area contributed by atoms with Crippen molar-refractivity contribution in [3.05, 3.63) is 94.3 Å². The van der Waals surface area contributed by atoms with Crippen LogP contribution in [0.3, 0.4) is 0 Å². The summed E-state index contributed by atoms with van der Waals surface area (Å²) in [7, 11) is 0. The zero-order chi connectivity index (χ0) is 24.4. The third kappa shape index (κ3) is 4.54. The van der Waals surface area contributed by atoms with Crippen LogP contribution in [0.4, 0.5) is 5.69 Å². The average Bonchev–Trinajstić information content (AvgIpc) is 3.08. The molecule has 1 amide bonds. The van der Waals surface area contributed by atoms with Gasteiger partial charge in [0.25, 0.3) is 11.7 Å². The molecule has 1 unspecified atom stereocenters. The lowest BCUT2D eigenvalue weighted by atomic mass is 9.96. The minimum absolute atomic E-state index is 0.00615. The van der Waals surface area contributed by atoms with Crippen molar-refractivity contribution in [3.8, 4) is 5.75 Å². The molecule has 6 nitrogen and oxygen atoms in total. The number of carbonyl (C=O) groups excluding carboxylic acids is 2. The van der Waals surface area contributed by atoms with Gasteiger partial charge >= 0.3 is 0 Å². The number of benzene rings is 2. The summed E-state index contributed by atoms with van der Waals surface area (Å²) in [5, 5.41) is 11.8. The first-order valence-corrected chi connectivity index (χ1v) is 11.4. The van der Waals surface area contributed by atoms with Gasteiger partial charge in [0.05, 0.1) is 18.2 Å². The van der Waals surface area contributed by atoms with Gasteiger partial charge in [-0.25, -0.2) is 0 Å². The Bertz CT molecular complexity index is 1270. The van der Waals surface area contributed by atoms with Crippen LogP contribution in [0.25, 0.3) is 5.76 Å². The summed E-state index contributed by atoms with van der Waals surface area (Å²) < 4.78 is 5.78. The number of nitrogens with zero attached hydrogens (tertiary/aromatic N) is 2. The Morgan fingerprint density at radius 1 is 1.15 bits per heavy atom. The maximum Gasteiger partial charge on any atom is 0.300 e. The maximum atomic E-state index is 13.3. The zero-order valence-corrected chi connectivity index (χ0v) is 19.9. The number of pyridine rings is 1. The average molecular weight is 477 g/mol. The lowest BCUT2D eigenvalue weighted by molar-refractivity contribution is -0.132. The molecule has 0 saturated carbocycles. The molecule has 174 valence electrons. The summed E-state index contributed by atoms with van der Waals surface area (Å²) in [6, 6.07) is 14.6. The quantitative estimate of drug-likeness (QED) is 0.280. The van der Waals surface area contributed by atoms with Crippen molar-refractivity contribution in [1.29, 1.82) is 0 Å². The van der Waals surface area contributed by atoms with Crippen molar-refractivity contribution in [1.82, 2.24) is 4.98 Å². The number of ketones is 1. The van der Waals surface area contributed by atoms with Crippen LogP contribution in [-0.4, -0.2) is 28.4 Å². The maximum absolute atomic E-state index is 13.3. The molecule has 1 saturated heterocycles. The highest BCUT2D eigenvalue weighted by molar-refractivity contribution is 6.51. The van der Waals surface area contributed by atoms with Gasteiger partial charge in [0.15, 0.2) is 0 Å². The number of carbonyl (C=O) groups is 2. The molecule has 2 aromatic carbocycles. The topological polar surface area (TPSA) is 79.7 Å². The smallest absolute Gasteiger partial charge is 0.300 e. The number of aliphatic hydroxyl groups is 1. The van der Waals surface area contributed by atoms with Gasteiger partial charge in [-0.3, -0.25) is 19.5 Å². The first-order valence-electron chi connectivity index (χ1n) is 11.0. The summed E-state index contributed by atoms with van der Waals surface area (Å²) in [6.07, 6.45) is 3.20. The second-order valence-corrected chi connectivity index (χ2v) is 9.06. The van der Waals surface area contributed by atoms with E-state index in [4.69, 9.17) is 16.3 Å². The monoisotopic (exact) mass is 476 g/mol. The van der Waals surface area contributed by atoms with E-state index in [-0.39, 0.29) is 11.3 Å². The Morgan fingerprint density at radius 2 is 1.94 bits per heavy atom. The van der Waals surface area contributed by atoms with E-state index >= 15 is 0 Å². The highest BCUT2D eigenvalue weighted by Gasteiger charge is 2.47. The number of hydrogen-bond acceptors (Lipinski definition) is 5. The lowest BCUT2D eigenvalue weighted by Gasteiger charge is -2.26. The number of halogens is 1. The molecule has 1 fully saturated rings. The van der Waals surface area contributed by atoms with E-state index in [2.05, 4.69) is 4.98 Å². The molecule has 0 bridgehead atoms. The van der Waals surface area contributed by atoms with Gasteiger partial charge in [-0.2, -0.15) is 0 Å². The number of ether oxygens (including phenoxy) is 1. The van der Waals surface area contributed by atoms with Crippen LogP contribution >= 0.6 is 11.6 Å². The summed E-state index contributed by atoms with van der Waals surface area (Å²) in [6.45, 7) is 6.41. The Morgan fingerprint density at radius 3 is 2.62 bits per heavy atom. The number of rotatable bonds is 6. The fourth-order valence-corrected chi connectivity index (χ4v) is 4.20. The number of aromatic nitrogens is 1. The lowest BCUT2D eigenvalue weighted by Crippen LogP contribution is -2.30. The number of aryl methyl sites for hydroxylation is 1. The first-order chi connectivity index (χ1) is 16.3. The van der Waals surface area contributed by atoms with Crippen LogP contribution in [0.2, 0.25) is 5.02 Å². The second kappa shape index (κ2) is 9.69. The van der Waals surface area contributed by atoms with E-state index in [9.17, 15) is 14.7 Å². The second-order valence-electron chi connectivity index (χ2n) is 8.62. The third-order valence-corrected chi connectivity index (χ3v) is 5.79. The molecule has 0 spiro atoms. The van der Waals surface area contributed by atoms with Gasteiger partial charge < -0.3 is 9.84 Å². The van der Waals surface area contributed by atoms with Crippen LogP contribution in [0.15, 0.2) is 72.6 Å². The number of hydrogen-bond donors (Lipinski definition) is 1. The normalized spacial score (nSPS) is 17.4. The molecule has 3 aromatic rings. The number of anilines is 1. The molecular weight excluding hydrogens is 452 g/mol. The highest BCUT2D eigenvalue weighted by Crippen LogP contribution is 2.43. The molecule has 1 atom stereocenters. The van der Waals surface area contributed by atoms with E-state index in [0.717, 1.165) is 5.56 Å². The third-order valence-electron chi connectivity index (χ3n) is 5.55. The standard InChI is InChI=1S/C27H25ClN2O4/c1-16(2)15-34-21-8-4-6-18(13-21)25(31)23-24(19-7-5-11-29-14-19)30(27(33)26(23)32)22-10-9-20(28)12-17(22)3/h4-14,16,24,31H,15H2,1-3H3/b25-23+. The minimum atomic E-state index is -0.853. The predicted octanol–water partition coefficient (Wildman–Crippen LogP) is 5.70. The van der Waals surface area contributed by atoms with Gasteiger partial charge in [0, 0.05) is 28.7 Å². The van der Waals surface area contributed by atoms with E-state index in [1.807, 2.05) is 20.8 Å². The van der Waals surface area contributed by atoms with Crippen LogP contribution in [0.5, 0.6) is 5.75 Å². The van der Waals surface area contributed by atoms with E-state index in [0.29, 0.717) is 40.1 Å². The van der Waals surface area contributed by atoms with Gasteiger partial charge in [-0.15, -0.1) is 0 Å². The largest absolute Gasteiger partial charge is 0.507 e. The van der Waals surface area contributed by atoms with Crippen molar-refractivity contribution in [2.45, 2.75) is 26.8 Å². The molecule has 1 aliphatic rings. The summed E-state index contributed by atoms with van der Waals surface area (Å²) in [5.41, 5.74) is 2.25. The van der Waals surface area contributed by atoms with Crippen LogP contribution in [0, 0.1) is 12.8 Å². The molecule has 4 rings (SSSR count). The number of amides is 1. The Balaban J connectivity index is 1.87. The number of aliphatic hydroxyl groups excluding tert-OH is 1. The van der Waals surface area contributed by atoms with Gasteiger partial charge in [-0.05, 0) is 60.4 Å². The number of Topliss-reactive ketones (excluding diaryl/α,β-unsaturated/α-hetero) is 1. The molecule has 2 heterocycles. The molecule has 0 aliphatic carbocycles.